The average molecular weight is 393 g/mol. The van der Waals surface area contributed by atoms with Crippen LogP contribution < -0.4 is 14.8 Å². The zero-order valence-corrected chi connectivity index (χ0v) is 16.6. The lowest BCUT2D eigenvalue weighted by atomic mass is 10.1. The number of amides is 1. The van der Waals surface area contributed by atoms with E-state index in [0.717, 1.165) is 37.7 Å². The summed E-state index contributed by atoms with van der Waals surface area (Å²) < 4.78 is 11.9. The minimum absolute atomic E-state index is 0.216. The molecule has 1 amide bonds. The third-order valence-corrected chi connectivity index (χ3v) is 5.73. The Morgan fingerprint density at radius 2 is 1.38 bits per heavy atom. The molecule has 0 bridgehead atoms. The monoisotopic (exact) mass is 393 g/mol. The fraction of sp³-hybridized carbons (Fsp3) is 0.417. The molecular weight excluding hydrogens is 366 g/mol. The normalized spacial score (nSPS) is 17.2. The van der Waals surface area contributed by atoms with E-state index in [2.05, 4.69) is 5.32 Å². The number of carbonyl (C=O) groups excluding carboxylic acids is 2. The van der Waals surface area contributed by atoms with E-state index in [1.54, 1.807) is 30.3 Å². The van der Waals surface area contributed by atoms with Gasteiger partial charge in [-0.2, -0.15) is 0 Å². The molecule has 0 saturated heterocycles. The second kappa shape index (κ2) is 9.12. The first-order valence-electron chi connectivity index (χ1n) is 10.6. The highest BCUT2D eigenvalue weighted by Gasteiger charge is 2.18. The van der Waals surface area contributed by atoms with Crippen LogP contribution in [0, 0.1) is 0 Å². The lowest BCUT2D eigenvalue weighted by Crippen LogP contribution is -2.15. The zero-order chi connectivity index (χ0) is 20.1. The highest BCUT2D eigenvalue weighted by molar-refractivity contribution is 6.06. The summed E-state index contributed by atoms with van der Waals surface area (Å²) in [4.78, 5) is 24.1. The van der Waals surface area contributed by atoms with Crippen LogP contribution >= 0.6 is 0 Å². The second-order valence-electron chi connectivity index (χ2n) is 7.89. The van der Waals surface area contributed by atoms with Gasteiger partial charge in [0.05, 0.1) is 17.9 Å². The summed E-state index contributed by atoms with van der Waals surface area (Å²) in [5, 5.41) is 2.84. The molecule has 152 valence electrons. The Labute approximate surface area is 171 Å². The number of anilines is 1. The smallest absolute Gasteiger partial charge is 0.255 e. The third-order valence-electron chi connectivity index (χ3n) is 5.73. The first-order chi connectivity index (χ1) is 14.2. The Morgan fingerprint density at radius 1 is 0.828 bits per heavy atom. The van der Waals surface area contributed by atoms with Gasteiger partial charge in [0.25, 0.3) is 5.91 Å². The number of hydrogen-bond acceptors (Lipinski definition) is 4. The predicted octanol–water partition coefficient (Wildman–Crippen LogP) is 5.39. The van der Waals surface area contributed by atoms with E-state index < -0.39 is 0 Å². The summed E-state index contributed by atoms with van der Waals surface area (Å²) in [6.45, 7) is 0. The predicted molar refractivity (Wildman–Crippen MR) is 112 cm³/mol. The van der Waals surface area contributed by atoms with Gasteiger partial charge in [-0.25, -0.2) is 0 Å². The molecule has 5 heteroatoms. The van der Waals surface area contributed by atoms with E-state index in [1.807, 2.05) is 12.1 Å². The van der Waals surface area contributed by atoms with Gasteiger partial charge in [0.1, 0.15) is 11.5 Å². The maximum Gasteiger partial charge on any atom is 0.255 e. The van der Waals surface area contributed by atoms with Gasteiger partial charge < -0.3 is 14.8 Å². The minimum Gasteiger partial charge on any atom is -0.490 e. The molecule has 0 aromatic heterocycles. The number of rotatable bonds is 7. The van der Waals surface area contributed by atoms with Crippen molar-refractivity contribution < 1.29 is 19.1 Å². The quantitative estimate of drug-likeness (QED) is 0.640. The molecule has 0 heterocycles. The maximum absolute atomic E-state index is 12.7. The fourth-order valence-corrected chi connectivity index (χ4v) is 4.10. The van der Waals surface area contributed by atoms with Crippen LogP contribution in [-0.4, -0.2) is 24.4 Å². The molecule has 1 N–H and O–H groups in total. The summed E-state index contributed by atoms with van der Waals surface area (Å²) in [6, 6.07) is 12.4. The Morgan fingerprint density at radius 3 is 1.97 bits per heavy atom. The first kappa shape index (κ1) is 19.5. The molecule has 0 unspecified atom stereocenters. The van der Waals surface area contributed by atoms with E-state index in [9.17, 15) is 9.59 Å². The van der Waals surface area contributed by atoms with E-state index >= 15 is 0 Å². The highest BCUT2D eigenvalue weighted by atomic mass is 16.5. The van der Waals surface area contributed by atoms with Gasteiger partial charge in [0, 0.05) is 17.2 Å². The van der Waals surface area contributed by atoms with Crippen molar-refractivity contribution in [3.05, 3.63) is 53.6 Å². The van der Waals surface area contributed by atoms with Crippen LogP contribution in [0.1, 0.15) is 72.1 Å². The Kier molecular flexibility index (Phi) is 6.13. The summed E-state index contributed by atoms with van der Waals surface area (Å²) in [5.41, 5.74) is 1.41. The molecule has 2 fully saturated rings. The topological polar surface area (TPSA) is 64.6 Å². The van der Waals surface area contributed by atoms with Gasteiger partial charge in [0.15, 0.2) is 6.29 Å². The largest absolute Gasteiger partial charge is 0.490 e. The Bertz CT molecular complexity index is 850. The molecule has 2 aromatic rings. The molecule has 2 saturated carbocycles. The first-order valence-corrected chi connectivity index (χ1v) is 10.6. The van der Waals surface area contributed by atoms with Gasteiger partial charge in [-0.3, -0.25) is 9.59 Å². The van der Waals surface area contributed by atoms with Gasteiger partial charge in [-0.05, 0) is 87.8 Å². The molecule has 0 atom stereocenters. The third kappa shape index (κ3) is 4.97. The van der Waals surface area contributed by atoms with Crippen molar-refractivity contribution in [3.8, 4) is 11.5 Å². The van der Waals surface area contributed by atoms with Crippen LogP contribution in [0.5, 0.6) is 11.5 Å². The fourth-order valence-electron chi connectivity index (χ4n) is 4.10. The molecule has 2 aromatic carbocycles. The highest BCUT2D eigenvalue weighted by Crippen LogP contribution is 2.28. The number of nitrogens with one attached hydrogen (secondary N) is 1. The van der Waals surface area contributed by atoms with Gasteiger partial charge in [-0.1, -0.05) is 0 Å². The second-order valence-corrected chi connectivity index (χ2v) is 7.89. The lowest BCUT2D eigenvalue weighted by Gasteiger charge is -2.15. The number of benzene rings is 2. The molecule has 2 aliphatic carbocycles. The maximum atomic E-state index is 12.7. The van der Waals surface area contributed by atoms with Crippen molar-refractivity contribution in [2.24, 2.45) is 0 Å². The van der Waals surface area contributed by atoms with E-state index in [-0.39, 0.29) is 18.1 Å². The van der Waals surface area contributed by atoms with Crippen molar-refractivity contribution >= 4 is 17.9 Å². The van der Waals surface area contributed by atoms with Crippen LogP contribution in [0.25, 0.3) is 0 Å². The standard InChI is InChI=1S/C24H27NO4/c26-16-18-11-14-22(29-20-7-3-4-8-20)15-23(18)25-24(27)17-9-12-21(13-10-17)28-19-5-1-2-6-19/h9-16,19-20H,1-8H2,(H,25,27). The number of ether oxygens (including phenoxy) is 2. The summed E-state index contributed by atoms with van der Waals surface area (Å²) in [7, 11) is 0. The molecule has 4 rings (SSSR count). The van der Waals surface area contributed by atoms with Crippen LogP contribution in [0.4, 0.5) is 5.69 Å². The van der Waals surface area contributed by atoms with Crippen LogP contribution in [0.15, 0.2) is 42.5 Å². The number of aldehydes is 1. The zero-order valence-electron chi connectivity index (χ0n) is 16.6. The van der Waals surface area contributed by atoms with E-state index in [0.29, 0.717) is 22.6 Å². The van der Waals surface area contributed by atoms with E-state index in [4.69, 9.17) is 9.47 Å². The van der Waals surface area contributed by atoms with Crippen LogP contribution in [-0.2, 0) is 0 Å². The molecule has 0 aliphatic heterocycles. The molecule has 5 nitrogen and oxygen atoms in total. The van der Waals surface area contributed by atoms with Crippen molar-refractivity contribution in [3.63, 3.8) is 0 Å². The molecular formula is C24H27NO4. The average Bonchev–Trinajstić information content (AvgIpc) is 3.43. The van der Waals surface area contributed by atoms with Crippen molar-refractivity contribution in [2.45, 2.75) is 63.6 Å². The van der Waals surface area contributed by atoms with Gasteiger partial charge in [0.2, 0.25) is 0 Å². The summed E-state index contributed by atoms with van der Waals surface area (Å²) >= 11 is 0. The summed E-state index contributed by atoms with van der Waals surface area (Å²) in [6.07, 6.45) is 10.3. The van der Waals surface area contributed by atoms with Gasteiger partial charge in [-0.15, -0.1) is 0 Å². The number of hydrogen-bond donors (Lipinski definition) is 1. The minimum atomic E-state index is -0.265. The van der Waals surface area contributed by atoms with Crippen molar-refractivity contribution in [1.29, 1.82) is 0 Å². The van der Waals surface area contributed by atoms with E-state index in [1.165, 1.54) is 25.7 Å². The molecule has 29 heavy (non-hydrogen) atoms. The lowest BCUT2D eigenvalue weighted by molar-refractivity contribution is 0.102. The SMILES string of the molecule is O=Cc1ccc(OC2CCCC2)cc1NC(=O)c1ccc(OC2CCCC2)cc1. The molecule has 0 spiro atoms. The van der Waals surface area contributed by atoms with Gasteiger partial charge >= 0.3 is 0 Å². The summed E-state index contributed by atoms with van der Waals surface area (Å²) in [5.74, 6) is 1.20. The molecule has 2 aliphatic rings. The Hall–Kier alpha value is -2.82. The molecule has 0 radical (unpaired) electrons. The Balaban J connectivity index is 1.42. The van der Waals surface area contributed by atoms with Crippen molar-refractivity contribution in [1.82, 2.24) is 0 Å². The number of carbonyl (C=O) groups is 2. The van der Waals surface area contributed by atoms with Crippen molar-refractivity contribution in [2.75, 3.05) is 5.32 Å². The van der Waals surface area contributed by atoms with Crippen LogP contribution in [0.2, 0.25) is 0 Å². The van der Waals surface area contributed by atoms with Crippen LogP contribution in [0.3, 0.4) is 0 Å².